The topological polar surface area (TPSA) is 213 Å². The molecule has 0 aliphatic rings. The molecule has 0 bridgehead atoms. The van der Waals surface area contributed by atoms with Gasteiger partial charge in [-0.05, 0) is 21.3 Å². The first-order valence-corrected chi connectivity index (χ1v) is 3.30. The number of carboxylic acids is 2. The Kier molecular flexibility index (Phi) is 3.65. The quantitative estimate of drug-likeness (QED) is 0.269. The first-order chi connectivity index (χ1) is 7.26. The molecule has 0 saturated heterocycles. The largest absolute Gasteiger partial charge is 0.479 e. The van der Waals surface area contributed by atoms with Gasteiger partial charge in [0, 0.05) is 9.82 Å². The number of nitrogens with zero attached hydrogens (tertiary/aromatic N) is 6. The fourth-order valence-electron chi connectivity index (χ4n) is 0.653. The number of carboxylic acid groups (broad SMARTS) is 2. The lowest BCUT2D eigenvalue weighted by atomic mass is 10.0. The molecule has 12 nitrogen and oxygen atoms in total. The molecule has 0 spiro atoms. The van der Waals surface area contributed by atoms with Gasteiger partial charge < -0.3 is 20.4 Å². The second-order valence-electron chi connectivity index (χ2n) is 2.33. The molecule has 0 aromatic heterocycles. The zero-order chi connectivity index (χ0) is 13.0. The van der Waals surface area contributed by atoms with E-state index in [0.717, 1.165) is 0 Å². The molecule has 0 fully saturated rings. The van der Waals surface area contributed by atoms with Crippen LogP contribution in [0.25, 0.3) is 20.9 Å². The maximum atomic E-state index is 10.5. The lowest BCUT2D eigenvalue weighted by Crippen LogP contribution is -2.61. The van der Waals surface area contributed by atoms with Gasteiger partial charge in [-0.25, -0.2) is 9.59 Å². The number of carbonyl (C=O) groups is 2. The van der Waals surface area contributed by atoms with Crippen molar-refractivity contribution in [2.75, 3.05) is 0 Å². The molecule has 2 atom stereocenters. The van der Waals surface area contributed by atoms with Crippen LogP contribution in [0.1, 0.15) is 0 Å². The highest BCUT2D eigenvalue weighted by molar-refractivity contribution is 5.90. The maximum Gasteiger partial charge on any atom is 0.345 e. The minimum Gasteiger partial charge on any atom is -0.479 e. The second-order valence-corrected chi connectivity index (χ2v) is 2.33. The van der Waals surface area contributed by atoms with Crippen LogP contribution < -0.4 is 0 Å². The van der Waals surface area contributed by atoms with Crippen molar-refractivity contribution in [1.82, 2.24) is 0 Å². The molecule has 12 heteroatoms. The van der Waals surface area contributed by atoms with Gasteiger partial charge in [0.15, 0.2) is 0 Å². The Labute approximate surface area is 85.6 Å². The average molecular weight is 232 g/mol. The average Bonchev–Trinajstić information content (AvgIpc) is 2.17. The van der Waals surface area contributed by atoms with Crippen LogP contribution in [0.4, 0.5) is 0 Å². The molecule has 0 rings (SSSR count). The van der Waals surface area contributed by atoms with Crippen molar-refractivity contribution in [3.05, 3.63) is 20.9 Å². The summed E-state index contributed by atoms with van der Waals surface area (Å²) in [5.74, 6) is -4.80. The van der Waals surface area contributed by atoms with E-state index in [1.165, 1.54) is 0 Å². The lowest BCUT2D eigenvalue weighted by molar-refractivity contribution is -0.204. The van der Waals surface area contributed by atoms with Crippen LogP contribution in [-0.4, -0.2) is 43.8 Å². The zero-order valence-corrected chi connectivity index (χ0v) is 7.29. The maximum absolute atomic E-state index is 10.5. The summed E-state index contributed by atoms with van der Waals surface area (Å²) in [5, 5.41) is 39.7. The van der Waals surface area contributed by atoms with Crippen molar-refractivity contribution in [2.45, 2.75) is 11.4 Å². The van der Waals surface area contributed by atoms with E-state index in [0.29, 0.717) is 0 Å². The molecule has 4 N–H and O–H groups in total. The smallest absolute Gasteiger partial charge is 0.345 e. The van der Waals surface area contributed by atoms with Gasteiger partial charge in [-0.2, -0.15) is 0 Å². The minimum absolute atomic E-state index is 1.85. The van der Waals surface area contributed by atoms with Gasteiger partial charge in [0.2, 0.25) is 0 Å². The zero-order valence-electron chi connectivity index (χ0n) is 7.29. The fourth-order valence-corrected chi connectivity index (χ4v) is 0.653. The first-order valence-electron chi connectivity index (χ1n) is 3.30. The molecule has 0 radical (unpaired) electrons. The number of aliphatic carboxylic acids is 2. The van der Waals surface area contributed by atoms with Gasteiger partial charge in [-0.1, -0.05) is 0 Å². The van der Waals surface area contributed by atoms with E-state index in [9.17, 15) is 19.8 Å². The highest BCUT2D eigenvalue weighted by Gasteiger charge is 2.61. The molecule has 0 aliphatic heterocycles. The third-order valence-corrected chi connectivity index (χ3v) is 1.46. The Balaban J connectivity index is 6.02. The molecule has 0 amide bonds. The van der Waals surface area contributed by atoms with E-state index in [2.05, 4.69) is 10.2 Å². The van der Waals surface area contributed by atoms with Crippen molar-refractivity contribution in [2.24, 2.45) is 10.2 Å². The van der Waals surface area contributed by atoms with Crippen molar-refractivity contribution in [3.8, 4) is 0 Å². The van der Waals surface area contributed by atoms with Crippen LogP contribution in [-0.2, 0) is 9.59 Å². The highest BCUT2D eigenvalue weighted by atomic mass is 16.5. The Bertz CT molecular complexity index is 375. The van der Waals surface area contributed by atoms with Crippen LogP contribution >= 0.6 is 0 Å². The molecule has 2 unspecified atom stereocenters. The van der Waals surface area contributed by atoms with Gasteiger partial charge in [-0.3, -0.25) is 0 Å². The standard InChI is InChI=1S/C4H4N6O6/c5-9-7-3(15,1(11)12)4(16,2(13)14)8-10-6/h15-16H,(H,11,12)(H,13,14). The van der Waals surface area contributed by atoms with Gasteiger partial charge in [-0.15, -0.1) is 0 Å². The van der Waals surface area contributed by atoms with Crippen molar-refractivity contribution in [3.63, 3.8) is 0 Å². The summed E-state index contributed by atoms with van der Waals surface area (Å²) in [6.07, 6.45) is 0. The van der Waals surface area contributed by atoms with Gasteiger partial charge in [0.1, 0.15) is 0 Å². The molecule has 16 heavy (non-hydrogen) atoms. The molecular weight excluding hydrogens is 228 g/mol. The van der Waals surface area contributed by atoms with E-state index < -0.39 is 23.4 Å². The Morgan fingerprint density at radius 3 is 1.31 bits per heavy atom. The predicted octanol–water partition coefficient (Wildman–Crippen LogP) is -0.847. The van der Waals surface area contributed by atoms with Crippen molar-refractivity contribution in [1.29, 1.82) is 0 Å². The highest BCUT2D eigenvalue weighted by Crippen LogP contribution is 2.27. The van der Waals surface area contributed by atoms with Crippen molar-refractivity contribution >= 4 is 11.9 Å². The summed E-state index contributed by atoms with van der Waals surface area (Å²) >= 11 is 0. The van der Waals surface area contributed by atoms with Crippen LogP contribution in [0, 0.1) is 0 Å². The van der Waals surface area contributed by atoms with E-state index in [1.807, 2.05) is 9.82 Å². The Morgan fingerprint density at radius 1 is 0.938 bits per heavy atom. The van der Waals surface area contributed by atoms with Crippen LogP contribution in [0.15, 0.2) is 10.2 Å². The van der Waals surface area contributed by atoms with Gasteiger partial charge in [0.05, 0.1) is 0 Å². The molecule has 0 aromatic rings. The van der Waals surface area contributed by atoms with E-state index in [-0.39, 0.29) is 0 Å². The Hall–Kier alpha value is -2.52. The lowest BCUT2D eigenvalue weighted by Gasteiger charge is -2.28. The van der Waals surface area contributed by atoms with E-state index in [1.54, 1.807) is 0 Å². The molecular formula is C4H4N6O6. The SMILES string of the molecule is [N-]=[N+]=NC(O)(C(=O)O)C(O)(N=[N+]=[N-])C(=O)O. The summed E-state index contributed by atoms with van der Waals surface area (Å²) in [7, 11) is 0. The third kappa shape index (κ3) is 1.80. The molecule has 0 heterocycles. The monoisotopic (exact) mass is 232 g/mol. The van der Waals surface area contributed by atoms with Crippen LogP contribution in [0.3, 0.4) is 0 Å². The molecule has 0 aromatic carbocycles. The van der Waals surface area contributed by atoms with E-state index in [4.69, 9.17) is 21.3 Å². The Morgan fingerprint density at radius 2 is 1.19 bits per heavy atom. The normalized spacial score (nSPS) is 16.9. The fraction of sp³-hybridized carbons (Fsp3) is 0.500. The first kappa shape index (κ1) is 13.5. The second kappa shape index (κ2) is 4.33. The number of rotatable bonds is 5. The number of aliphatic hydroxyl groups is 2. The summed E-state index contributed by atoms with van der Waals surface area (Å²) < 4.78 is 0. The molecule has 0 aliphatic carbocycles. The number of hydrogen-bond acceptors (Lipinski definition) is 6. The van der Waals surface area contributed by atoms with Crippen LogP contribution in [0.2, 0.25) is 0 Å². The molecule has 0 saturated carbocycles. The van der Waals surface area contributed by atoms with Crippen LogP contribution in [0.5, 0.6) is 0 Å². The summed E-state index contributed by atoms with van der Waals surface area (Å²) in [4.78, 5) is 24.7. The summed E-state index contributed by atoms with van der Waals surface area (Å²) in [6.45, 7) is 0. The summed E-state index contributed by atoms with van der Waals surface area (Å²) in [5.41, 5.74) is 8.20. The van der Waals surface area contributed by atoms with Crippen molar-refractivity contribution < 1.29 is 30.0 Å². The summed E-state index contributed by atoms with van der Waals surface area (Å²) in [6, 6.07) is 0. The molecule has 86 valence electrons. The van der Waals surface area contributed by atoms with E-state index >= 15 is 0 Å². The minimum atomic E-state index is -3.86. The predicted molar refractivity (Wildman–Crippen MR) is 43.5 cm³/mol. The van der Waals surface area contributed by atoms with Gasteiger partial charge >= 0.3 is 11.9 Å². The third-order valence-electron chi connectivity index (χ3n) is 1.46. The number of hydrogen-bond donors (Lipinski definition) is 4. The van der Waals surface area contributed by atoms with Gasteiger partial charge in [0.25, 0.3) is 11.4 Å². The number of azide groups is 2.